The van der Waals surface area contributed by atoms with Crippen LogP contribution in [-0.4, -0.2) is 28.9 Å². The summed E-state index contributed by atoms with van der Waals surface area (Å²) in [6.07, 6.45) is 7.07. The monoisotopic (exact) mass is 225 g/mol. The molecule has 0 aliphatic carbocycles. The maximum absolute atomic E-state index is 5.78. The molecule has 0 saturated carbocycles. The van der Waals surface area contributed by atoms with Crippen molar-refractivity contribution in [1.29, 1.82) is 0 Å². The Hall–Kier alpha value is -0.830. The molecule has 1 aromatic rings. The first kappa shape index (κ1) is 10.7. The molecule has 15 heavy (non-hydrogen) atoms. The number of hydrogen-bond donors (Lipinski definition) is 0. The highest BCUT2D eigenvalue weighted by Crippen LogP contribution is 2.23. The van der Waals surface area contributed by atoms with Crippen molar-refractivity contribution in [1.82, 2.24) is 9.97 Å². The Morgan fingerprint density at radius 2 is 2.47 bits per heavy atom. The van der Waals surface area contributed by atoms with Gasteiger partial charge in [0.15, 0.2) is 0 Å². The molecule has 0 amide bonds. The molecule has 2 heterocycles. The first-order chi connectivity index (χ1) is 7.40. The molecule has 1 unspecified atom stereocenters. The molecule has 0 radical (unpaired) electrons. The zero-order valence-corrected chi connectivity index (χ0v) is 9.53. The molecule has 1 aromatic heterocycles. The van der Waals surface area contributed by atoms with Gasteiger partial charge in [0.05, 0.1) is 0 Å². The van der Waals surface area contributed by atoms with E-state index < -0.39 is 0 Å². The van der Waals surface area contributed by atoms with Crippen molar-refractivity contribution < 1.29 is 0 Å². The molecule has 1 aliphatic rings. The lowest BCUT2D eigenvalue weighted by atomic mass is 9.96. The fourth-order valence-electron chi connectivity index (χ4n) is 2.13. The lowest BCUT2D eigenvalue weighted by Gasteiger charge is -2.33. The molecule has 0 bridgehead atoms. The van der Waals surface area contributed by atoms with Crippen molar-refractivity contribution in [2.45, 2.75) is 19.3 Å². The number of halogens is 1. The second-order valence-electron chi connectivity index (χ2n) is 4.00. The summed E-state index contributed by atoms with van der Waals surface area (Å²) < 4.78 is 0. The zero-order chi connectivity index (χ0) is 10.5. The third kappa shape index (κ3) is 2.81. The molecular formula is C11H16ClN3. The van der Waals surface area contributed by atoms with Crippen LogP contribution < -0.4 is 4.90 Å². The Morgan fingerprint density at radius 1 is 1.53 bits per heavy atom. The number of piperidine rings is 1. The van der Waals surface area contributed by atoms with E-state index in [2.05, 4.69) is 14.9 Å². The fourth-order valence-corrected chi connectivity index (χ4v) is 2.44. The summed E-state index contributed by atoms with van der Waals surface area (Å²) in [5.74, 6) is 2.54. The topological polar surface area (TPSA) is 29.0 Å². The molecule has 1 fully saturated rings. The molecular weight excluding hydrogens is 210 g/mol. The number of rotatable bonds is 3. The van der Waals surface area contributed by atoms with Crippen LogP contribution in [0, 0.1) is 5.92 Å². The molecule has 0 spiro atoms. The van der Waals surface area contributed by atoms with E-state index in [0.717, 1.165) is 37.1 Å². The van der Waals surface area contributed by atoms with Gasteiger partial charge in [0.2, 0.25) is 0 Å². The molecule has 1 atom stereocenters. The van der Waals surface area contributed by atoms with Gasteiger partial charge in [-0.1, -0.05) is 0 Å². The van der Waals surface area contributed by atoms with E-state index in [0.29, 0.717) is 0 Å². The summed E-state index contributed by atoms with van der Waals surface area (Å²) in [6.45, 7) is 2.19. The fraction of sp³-hybridized carbons (Fsp3) is 0.636. The average Bonchev–Trinajstić information content (AvgIpc) is 2.31. The van der Waals surface area contributed by atoms with Crippen LogP contribution in [0.3, 0.4) is 0 Å². The third-order valence-electron chi connectivity index (χ3n) is 2.93. The van der Waals surface area contributed by atoms with E-state index in [9.17, 15) is 0 Å². The first-order valence-electron chi connectivity index (χ1n) is 5.47. The molecule has 82 valence electrons. The maximum Gasteiger partial charge on any atom is 0.131 e. The maximum atomic E-state index is 5.78. The van der Waals surface area contributed by atoms with E-state index in [1.807, 2.05) is 6.07 Å². The molecule has 4 heteroatoms. The summed E-state index contributed by atoms with van der Waals surface area (Å²) in [7, 11) is 0. The van der Waals surface area contributed by atoms with Gasteiger partial charge in [-0.2, -0.15) is 0 Å². The van der Waals surface area contributed by atoms with Crippen LogP contribution in [0.25, 0.3) is 0 Å². The Morgan fingerprint density at radius 3 is 3.20 bits per heavy atom. The van der Waals surface area contributed by atoms with Crippen LogP contribution in [-0.2, 0) is 0 Å². The Balaban J connectivity index is 1.98. The average molecular weight is 226 g/mol. The Labute approximate surface area is 95.5 Å². The van der Waals surface area contributed by atoms with Gasteiger partial charge in [0.25, 0.3) is 0 Å². The summed E-state index contributed by atoms with van der Waals surface area (Å²) in [4.78, 5) is 10.6. The Bertz CT molecular complexity index is 289. The number of aromatic nitrogens is 2. The molecule has 1 saturated heterocycles. The highest BCUT2D eigenvalue weighted by atomic mass is 35.5. The van der Waals surface area contributed by atoms with Crippen molar-refractivity contribution in [3.8, 4) is 0 Å². The molecule has 1 aliphatic heterocycles. The third-order valence-corrected chi connectivity index (χ3v) is 3.14. The number of anilines is 1. The summed E-state index contributed by atoms with van der Waals surface area (Å²) >= 11 is 5.78. The highest BCUT2D eigenvalue weighted by molar-refractivity contribution is 6.17. The standard InChI is InChI=1S/C11H16ClN3/c12-5-3-10-2-1-7-15(8-10)11-4-6-13-9-14-11/h4,6,9-10H,1-3,5,7-8H2. The van der Waals surface area contributed by atoms with Crippen molar-refractivity contribution in [3.63, 3.8) is 0 Å². The van der Waals surface area contributed by atoms with E-state index in [4.69, 9.17) is 11.6 Å². The predicted octanol–water partition coefficient (Wildman–Crippen LogP) is 2.32. The lowest BCUT2D eigenvalue weighted by molar-refractivity contribution is 0.404. The minimum atomic E-state index is 0.728. The van der Waals surface area contributed by atoms with E-state index in [1.165, 1.54) is 12.8 Å². The second kappa shape index (κ2) is 5.31. The normalized spacial score (nSPS) is 21.7. The predicted molar refractivity (Wildman–Crippen MR) is 62.3 cm³/mol. The minimum absolute atomic E-state index is 0.728. The van der Waals surface area contributed by atoms with Gasteiger partial charge >= 0.3 is 0 Å². The van der Waals surface area contributed by atoms with Crippen LogP contribution in [0.5, 0.6) is 0 Å². The summed E-state index contributed by atoms with van der Waals surface area (Å²) in [5, 5.41) is 0. The molecule has 2 rings (SSSR count). The Kier molecular flexibility index (Phi) is 3.78. The second-order valence-corrected chi connectivity index (χ2v) is 4.38. The quantitative estimate of drug-likeness (QED) is 0.740. The van der Waals surface area contributed by atoms with Crippen LogP contribution in [0.1, 0.15) is 19.3 Å². The minimum Gasteiger partial charge on any atom is -0.356 e. The number of hydrogen-bond acceptors (Lipinski definition) is 3. The van der Waals surface area contributed by atoms with Gasteiger partial charge in [-0.05, 0) is 31.2 Å². The smallest absolute Gasteiger partial charge is 0.131 e. The zero-order valence-electron chi connectivity index (χ0n) is 8.77. The van der Waals surface area contributed by atoms with Crippen LogP contribution >= 0.6 is 11.6 Å². The van der Waals surface area contributed by atoms with Gasteiger partial charge in [-0.25, -0.2) is 9.97 Å². The van der Waals surface area contributed by atoms with Gasteiger partial charge in [0.1, 0.15) is 12.1 Å². The number of nitrogens with zero attached hydrogens (tertiary/aromatic N) is 3. The molecule has 0 N–H and O–H groups in total. The van der Waals surface area contributed by atoms with Gasteiger partial charge in [0, 0.05) is 25.2 Å². The van der Waals surface area contributed by atoms with Gasteiger partial charge in [-0.3, -0.25) is 0 Å². The van der Waals surface area contributed by atoms with Crippen LogP contribution in [0.2, 0.25) is 0 Å². The van der Waals surface area contributed by atoms with E-state index in [1.54, 1.807) is 12.5 Å². The van der Waals surface area contributed by atoms with Crippen LogP contribution in [0.4, 0.5) is 5.82 Å². The molecule has 3 nitrogen and oxygen atoms in total. The summed E-state index contributed by atoms with van der Waals surface area (Å²) in [6, 6.07) is 1.98. The SMILES string of the molecule is ClCCC1CCCN(c2ccncn2)C1. The number of alkyl halides is 1. The van der Waals surface area contributed by atoms with Crippen molar-refractivity contribution in [2.75, 3.05) is 23.9 Å². The largest absolute Gasteiger partial charge is 0.356 e. The van der Waals surface area contributed by atoms with Crippen molar-refractivity contribution in [3.05, 3.63) is 18.6 Å². The van der Waals surface area contributed by atoms with Crippen LogP contribution in [0.15, 0.2) is 18.6 Å². The van der Waals surface area contributed by atoms with Gasteiger partial charge in [-0.15, -0.1) is 11.6 Å². The van der Waals surface area contributed by atoms with Crippen molar-refractivity contribution in [2.24, 2.45) is 5.92 Å². The van der Waals surface area contributed by atoms with Gasteiger partial charge < -0.3 is 4.90 Å². The first-order valence-corrected chi connectivity index (χ1v) is 6.00. The highest BCUT2D eigenvalue weighted by Gasteiger charge is 2.19. The van der Waals surface area contributed by atoms with E-state index >= 15 is 0 Å². The lowest BCUT2D eigenvalue weighted by Crippen LogP contribution is -2.36. The summed E-state index contributed by atoms with van der Waals surface area (Å²) in [5.41, 5.74) is 0. The van der Waals surface area contributed by atoms with Crippen molar-refractivity contribution >= 4 is 17.4 Å². The molecule has 0 aromatic carbocycles. The van der Waals surface area contributed by atoms with E-state index in [-0.39, 0.29) is 0 Å².